The number of hydrogen-bond donors (Lipinski definition) is 2. The SMILES string of the molecule is Cc1c(N)nc(C2CC2)nc1NCc1ccccn1. The lowest BCUT2D eigenvalue weighted by atomic mass is 10.2. The molecular formula is C14H17N5. The Bertz CT molecular complexity index is 578. The van der Waals surface area contributed by atoms with Crippen LogP contribution in [-0.2, 0) is 6.54 Å². The number of hydrogen-bond acceptors (Lipinski definition) is 5. The van der Waals surface area contributed by atoms with Gasteiger partial charge in [0.1, 0.15) is 17.5 Å². The minimum absolute atomic E-state index is 0.498. The van der Waals surface area contributed by atoms with Crippen molar-refractivity contribution in [3.8, 4) is 0 Å². The molecule has 0 radical (unpaired) electrons. The Labute approximate surface area is 112 Å². The minimum atomic E-state index is 0.498. The van der Waals surface area contributed by atoms with Crippen LogP contribution in [0.15, 0.2) is 24.4 Å². The predicted octanol–water partition coefficient (Wildman–Crippen LogP) is 2.25. The lowest BCUT2D eigenvalue weighted by molar-refractivity contribution is 0.913. The average molecular weight is 255 g/mol. The second kappa shape index (κ2) is 4.84. The van der Waals surface area contributed by atoms with E-state index in [2.05, 4.69) is 20.3 Å². The van der Waals surface area contributed by atoms with Gasteiger partial charge in [0.05, 0.1) is 12.2 Å². The zero-order valence-electron chi connectivity index (χ0n) is 10.9. The Kier molecular flexibility index (Phi) is 3.03. The molecule has 2 heterocycles. The molecule has 2 aromatic rings. The number of anilines is 2. The van der Waals surface area contributed by atoms with E-state index in [0.717, 1.165) is 22.9 Å². The van der Waals surface area contributed by atoms with Crippen LogP contribution in [0.3, 0.4) is 0 Å². The number of nitrogens with one attached hydrogen (secondary N) is 1. The summed E-state index contributed by atoms with van der Waals surface area (Å²) < 4.78 is 0. The van der Waals surface area contributed by atoms with Gasteiger partial charge < -0.3 is 11.1 Å². The van der Waals surface area contributed by atoms with Crippen molar-refractivity contribution in [2.24, 2.45) is 0 Å². The van der Waals surface area contributed by atoms with Crippen LogP contribution in [0.25, 0.3) is 0 Å². The molecular weight excluding hydrogens is 238 g/mol. The van der Waals surface area contributed by atoms with Gasteiger partial charge in [-0.15, -0.1) is 0 Å². The van der Waals surface area contributed by atoms with Crippen LogP contribution in [0.5, 0.6) is 0 Å². The molecule has 19 heavy (non-hydrogen) atoms. The fourth-order valence-electron chi connectivity index (χ4n) is 1.93. The molecule has 0 aliphatic heterocycles. The van der Waals surface area contributed by atoms with E-state index in [9.17, 15) is 0 Å². The molecule has 0 amide bonds. The summed E-state index contributed by atoms with van der Waals surface area (Å²) in [6.07, 6.45) is 4.12. The molecule has 0 atom stereocenters. The highest BCUT2D eigenvalue weighted by molar-refractivity contribution is 5.55. The van der Waals surface area contributed by atoms with Crippen LogP contribution in [0, 0.1) is 6.92 Å². The molecule has 2 aromatic heterocycles. The number of nitrogens with two attached hydrogens (primary N) is 1. The number of rotatable bonds is 4. The molecule has 5 nitrogen and oxygen atoms in total. The van der Waals surface area contributed by atoms with Gasteiger partial charge in [-0.25, -0.2) is 9.97 Å². The van der Waals surface area contributed by atoms with Crippen molar-refractivity contribution in [3.63, 3.8) is 0 Å². The average Bonchev–Trinajstić information content (AvgIpc) is 3.26. The molecule has 3 rings (SSSR count). The van der Waals surface area contributed by atoms with E-state index in [1.54, 1.807) is 6.20 Å². The molecule has 0 saturated heterocycles. The normalized spacial score (nSPS) is 14.4. The number of nitrogen functional groups attached to an aromatic ring is 1. The Balaban J connectivity index is 1.79. The van der Waals surface area contributed by atoms with E-state index < -0.39 is 0 Å². The first-order chi connectivity index (χ1) is 9.24. The summed E-state index contributed by atoms with van der Waals surface area (Å²) in [6, 6.07) is 5.86. The fraction of sp³-hybridized carbons (Fsp3) is 0.357. The first kappa shape index (κ1) is 11.9. The molecule has 0 spiro atoms. The third-order valence-electron chi connectivity index (χ3n) is 3.31. The number of aromatic nitrogens is 3. The zero-order valence-corrected chi connectivity index (χ0v) is 10.9. The van der Waals surface area contributed by atoms with Gasteiger partial charge in [-0.3, -0.25) is 4.98 Å². The Morgan fingerprint density at radius 1 is 1.32 bits per heavy atom. The maximum atomic E-state index is 5.95. The smallest absolute Gasteiger partial charge is 0.136 e. The third kappa shape index (κ3) is 2.65. The van der Waals surface area contributed by atoms with Crippen LogP contribution >= 0.6 is 0 Å². The fourth-order valence-corrected chi connectivity index (χ4v) is 1.93. The molecule has 3 N–H and O–H groups in total. The Morgan fingerprint density at radius 2 is 2.16 bits per heavy atom. The summed E-state index contributed by atoms with van der Waals surface area (Å²) in [4.78, 5) is 13.2. The van der Waals surface area contributed by atoms with Crippen molar-refractivity contribution in [2.75, 3.05) is 11.1 Å². The number of nitrogens with zero attached hydrogens (tertiary/aromatic N) is 3. The molecule has 0 unspecified atom stereocenters. The number of pyridine rings is 1. The second-order valence-electron chi connectivity index (χ2n) is 4.89. The quantitative estimate of drug-likeness (QED) is 0.876. The molecule has 1 fully saturated rings. The van der Waals surface area contributed by atoms with E-state index in [-0.39, 0.29) is 0 Å². The third-order valence-corrected chi connectivity index (χ3v) is 3.31. The van der Waals surface area contributed by atoms with Crippen molar-refractivity contribution in [1.82, 2.24) is 15.0 Å². The van der Waals surface area contributed by atoms with Gasteiger partial charge in [0.15, 0.2) is 0 Å². The van der Waals surface area contributed by atoms with Gasteiger partial charge in [-0.1, -0.05) is 6.07 Å². The first-order valence-corrected chi connectivity index (χ1v) is 6.52. The van der Waals surface area contributed by atoms with Gasteiger partial charge in [0, 0.05) is 17.7 Å². The van der Waals surface area contributed by atoms with Crippen molar-refractivity contribution in [1.29, 1.82) is 0 Å². The highest BCUT2D eigenvalue weighted by Crippen LogP contribution is 2.39. The van der Waals surface area contributed by atoms with Crippen LogP contribution in [0.1, 0.15) is 35.8 Å². The highest BCUT2D eigenvalue weighted by atomic mass is 15.1. The monoisotopic (exact) mass is 255 g/mol. The van der Waals surface area contributed by atoms with Gasteiger partial charge in [-0.05, 0) is 31.9 Å². The molecule has 0 aromatic carbocycles. The van der Waals surface area contributed by atoms with Gasteiger partial charge >= 0.3 is 0 Å². The van der Waals surface area contributed by atoms with E-state index in [0.29, 0.717) is 18.3 Å². The van der Waals surface area contributed by atoms with Crippen LogP contribution in [0.2, 0.25) is 0 Å². The largest absolute Gasteiger partial charge is 0.383 e. The summed E-state index contributed by atoms with van der Waals surface area (Å²) in [6.45, 7) is 2.58. The second-order valence-corrected chi connectivity index (χ2v) is 4.89. The summed E-state index contributed by atoms with van der Waals surface area (Å²) in [7, 11) is 0. The molecule has 1 aliphatic rings. The highest BCUT2D eigenvalue weighted by Gasteiger charge is 2.27. The minimum Gasteiger partial charge on any atom is -0.383 e. The van der Waals surface area contributed by atoms with Crippen molar-refractivity contribution in [3.05, 3.63) is 41.5 Å². The molecule has 5 heteroatoms. The lowest BCUT2D eigenvalue weighted by Crippen LogP contribution is -2.09. The molecule has 98 valence electrons. The van der Waals surface area contributed by atoms with Crippen molar-refractivity contribution in [2.45, 2.75) is 32.2 Å². The summed E-state index contributed by atoms with van der Waals surface area (Å²) in [5, 5.41) is 3.30. The van der Waals surface area contributed by atoms with Gasteiger partial charge in [0.25, 0.3) is 0 Å². The summed E-state index contributed by atoms with van der Waals surface area (Å²) in [5.41, 5.74) is 7.83. The summed E-state index contributed by atoms with van der Waals surface area (Å²) in [5.74, 6) is 2.75. The van der Waals surface area contributed by atoms with E-state index in [1.807, 2.05) is 25.1 Å². The molecule has 1 aliphatic carbocycles. The zero-order chi connectivity index (χ0) is 13.2. The first-order valence-electron chi connectivity index (χ1n) is 6.52. The Morgan fingerprint density at radius 3 is 2.84 bits per heavy atom. The van der Waals surface area contributed by atoms with E-state index >= 15 is 0 Å². The van der Waals surface area contributed by atoms with Gasteiger partial charge in [0.2, 0.25) is 0 Å². The predicted molar refractivity (Wildman–Crippen MR) is 74.7 cm³/mol. The topological polar surface area (TPSA) is 76.7 Å². The maximum Gasteiger partial charge on any atom is 0.136 e. The molecule has 1 saturated carbocycles. The van der Waals surface area contributed by atoms with Crippen molar-refractivity contribution >= 4 is 11.6 Å². The van der Waals surface area contributed by atoms with Crippen molar-refractivity contribution < 1.29 is 0 Å². The maximum absolute atomic E-state index is 5.95. The van der Waals surface area contributed by atoms with Crippen LogP contribution in [0.4, 0.5) is 11.6 Å². The lowest BCUT2D eigenvalue weighted by Gasteiger charge is -2.11. The summed E-state index contributed by atoms with van der Waals surface area (Å²) >= 11 is 0. The van der Waals surface area contributed by atoms with E-state index in [4.69, 9.17) is 5.73 Å². The molecule has 0 bridgehead atoms. The standard InChI is InChI=1S/C14H17N5/c1-9-12(15)18-14(10-5-6-10)19-13(9)17-8-11-4-2-3-7-16-11/h2-4,7,10H,5-6,8H2,1H3,(H3,15,17,18,19). The van der Waals surface area contributed by atoms with E-state index in [1.165, 1.54) is 12.8 Å². The van der Waals surface area contributed by atoms with Crippen LogP contribution < -0.4 is 11.1 Å². The Hall–Kier alpha value is -2.17. The van der Waals surface area contributed by atoms with Crippen LogP contribution in [-0.4, -0.2) is 15.0 Å². The van der Waals surface area contributed by atoms with Gasteiger partial charge in [-0.2, -0.15) is 0 Å².